The molecule has 212 valence electrons. The van der Waals surface area contributed by atoms with Crippen molar-refractivity contribution in [1.82, 2.24) is 0 Å². The average Bonchev–Trinajstić information content (AvgIpc) is 3.64. The summed E-state index contributed by atoms with van der Waals surface area (Å²) in [7, 11) is 0. The van der Waals surface area contributed by atoms with E-state index < -0.39 is 5.41 Å². The minimum atomic E-state index is -0.404. The van der Waals surface area contributed by atoms with E-state index in [1.165, 1.54) is 64.7 Å². The normalized spacial score (nSPS) is 13.1. The van der Waals surface area contributed by atoms with Gasteiger partial charge in [-0.15, -0.1) is 11.3 Å². The second-order valence-corrected chi connectivity index (χ2v) is 12.8. The van der Waals surface area contributed by atoms with Crippen LogP contribution in [0.3, 0.4) is 0 Å². The van der Waals surface area contributed by atoms with E-state index >= 15 is 0 Å². The van der Waals surface area contributed by atoms with Crippen LogP contribution in [0.4, 0.5) is 11.4 Å². The van der Waals surface area contributed by atoms with Gasteiger partial charge in [0.15, 0.2) is 0 Å². The fourth-order valence-electron chi connectivity index (χ4n) is 7.46. The molecule has 2 heteroatoms. The van der Waals surface area contributed by atoms with Gasteiger partial charge in [-0.1, -0.05) is 146 Å². The molecule has 1 aliphatic rings. The maximum atomic E-state index is 3.83. The molecule has 0 fully saturated rings. The zero-order valence-corrected chi connectivity index (χ0v) is 25.4. The van der Waals surface area contributed by atoms with E-state index in [0.29, 0.717) is 0 Å². The lowest BCUT2D eigenvalue weighted by Gasteiger charge is -2.33. The minimum Gasteiger partial charge on any atom is -0.355 e. The Kier molecular flexibility index (Phi) is 5.97. The fourth-order valence-corrected chi connectivity index (χ4v) is 8.70. The lowest BCUT2D eigenvalue weighted by atomic mass is 9.68. The van der Waals surface area contributed by atoms with Gasteiger partial charge in [0.2, 0.25) is 0 Å². The Balaban J connectivity index is 1.16. The molecule has 0 unspecified atom stereocenters. The van der Waals surface area contributed by atoms with Gasteiger partial charge in [0, 0.05) is 37.1 Å². The van der Waals surface area contributed by atoms with E-state index in [2.05, 4.69) is 175 Å². The van der Waals surface area contributed by atoms with Gasteiger partial charge in [-0.2, -0.15) is 0 Å². The summed E-state index contributed by atoms with van der Waals surface area (Å²) >= 11 is 1.88. The van der Waals surface area contributed by atoms with Crippen LogP contribution in [0.15, 0.2) is 170 Å². The molecular formula is C43H29NS. The van der Waals surface area contributed by atoms with Crippen LogP contribution >= 0.6 is 11.3 Å². The van der Waals surface area contributed by atoms with Crippen molar-refractivity contribution in [2.24, 2.45) is 0 Å². The highest BCUT2D eigenvalue weighted by atomic mass is 32.1. The maximum absolute atomic E-state index is 3.83. The quantitative estimate of drug-likeness (QED) is 0.210. The van der Waals surface area contributed by atoms with Crippen LogP contribution in [0.5, 0.6) is 0 Å². The number of anilines is 2. The van der Waals surface area contributed by atoms with Gasteiger partial charge < -0.3 is 5.32 Å². The summed E-state index contributed by atoms with van der Waals surface area (Å²) in [6.45, 7) is 0. The number of hydrogen-bond acceptors (Lipinski definition) is 2. The van der Waals surface area contributed by atoms with Crippen LogP contribution in [0.1, 0.15) is 22.3 Å². The summed E-state index contributed by atoms with van der Waals surface area (Å²) in [5.41, 5.74) is 12.0. The number of benzene rings is 7. The molecule has 1 N–H and O–H groups in total. The van der Waals surface area contributed by atoms with Gasteiger partial charge in [0.1, 0.15) is 0 Å². The van der Waals surface area contributed by atoms with Crippen molar-refractivity contribution in [3.8, 4) is 22.3 Å². The van der Waals surface area contributed by atoms with E-state index in [4.69, 9.17) is 0 Å². The molecule has 0 saturated carbocycles. The van der Waals surface area contributed by atoms with Crippen molar-refractivity contribution in [2.45, 2.75) is 5.41 Å². The van der Waals surface area contributed by atoms with E-state index in [0.717, 1.165) is 11.4 Å². The third-order valence-electron chi connectivity index (χ3n) is 9.36. The van der Waals surface area contributed by atoms with Gasteiger partial charge in [-0.25, -0.2) is 0 Å². The van der Waals surface area contributed by atoms with Crippen LogP contribution in [-0.2, 0) is 5.41 Å². The molecular weight excluding hydrogens is 563 g/mol. The molecule has 0 atom stereocenters. The second kappa shape index (κ2) is 10.3. The third kappa shape index (κ3) is 3.93. The monoisotopic (exact) mass is 591 g/mol. The first-order valence-corrected chi connectivity index (χ1v) is 16.3. The van der Waals surface area contributed by atoms with E-state index in [-0.39, 0.29) is 0 Å². The molecule has 1 aromatic heterocycles. The molecule has 0 spiro atoms. The Labute approximate surface area is 267 Å². The molecule has 1 nitrogen and oxygen atoms in total. The molecule has 0 aliphatic heterocycles. The standard InChI is InChI=1S/C43H29NS/c1-3-13-30(14-4-1)43(31-15-5-2-6-16-31)37-21-9-7-18-36(37)41-38(43)22-12-23-39(41)44-32-27-25-29(26-28-32)33-19-11-20-35-34-17-8-10-24-40(34)45-42(33)35/h1-28,44H. The molecule has 9 rings (SSSR count). The molecule has 45 heavy (non-hydrogen) atoms. The first kappa shape index (κ1) is 26.0. The number of hydrogen-bond donors (Lipinski definition) is 1. The lowest BCUT2D eigenvalue weighted by molar-refractivity contribution is 0.768. The van der Waals surface area contributed by atoms with Crippen LogP contribution in [0.2, 0.25) is 0 Å². The largest absolute Gasteiger partial charge is 0.355 e. The fraction of sp³-hybridized carbons (Fsp3) is 0.0233. The van der Waals surface area contributed by atoms with Crippen molar-refractivity contribution in [3.05, 3.63) is 192 Å². The zero-order valence-electron chi connectivity index (χ0n) is 24.6. The average molecular weight is 592 g/mol. The van der Waals surface area contributed by atoms with Crippen molar-refractivity contribution >= 4 is 42.9 Å². The summed E-state index contributed by atoms with van der Waals surface area (Å²) in [6.07, 6.45) is 0. The minimum absolute atomic E-state index is 0.404. The zero-order chi connectivity index (χ0) is 29.8. The maximum Gasteiger partial charge on any atom is 0.0714 e. The number of thiophene rings is 1. The molecule has 8 aromatic rings. The molecule has 0 amide bonds. The number of fused-ring (bicyclic) bond motifs is 6. The van der Waals surface area contributed by atoms with Gasteiger partial charge in [-0.3, -0.25) is 0 Å². The smallest absolute Gasteiger partial charge is 0.0714 e. The Bertz CT molecular complexity index is 2290. The Hall–Kier alpha value is -5.44. The Morgan fingerprint density at radius 1 is 0.444 bits per heavy atom. The van der Waals surface area contributed by atoms with Gasteiger partial charge in [0.25, 0.3) is 0 Å². The van der Waals surface area contributed by atoms with Crippen molar-refractivity contribution < 1.29 is 0 Å². The lowest BCUT2D eigenvalue weighted by Crippen LogP contribution is -2.28. The number of rotatable bonds is 5. The van der Waals surface area contributed by atoms with Crippen LogP contribution in [-0.4, -0.2) is 0 Å². The summed E-state index contributed by atoms with van der Waals surface area (Å²) < 4.78 is 2.67. The predicted octanol–water partition coefficient (Wildman–Crippen LogP) is 11.8. The van der Waals surface area contributed by atoms with Crippen LogP contribution in [0.25, 0.3) is 42.4 Å². The van der Waals surface area contributed by atoms with Crippen LogP contribution < -0.4 is 5.32 Å². The summed E-state index contributed by atoms with van der Waals surface area (Å²) in [5, 5.41) is 6.49. The Morgan fingerprint density at radius 2 is 1.04 bits per heavy atom. The third-order valence-corrected chi connectivity index (χ3v) is 10.6. The first-order valence-electron chi connectivity index (χ1n) is 15.4. The van der Waals surface area contributed by atoms with E-state index in [1.807, 2.05) is 11.3 Å². The SMILES string of the molecule is c1ccc(C2(c3ccccc3)c3ccccc3-c3c(Nc4ccc(-c5cccc6c5sc5ccccc56)cc4)cccc32)cc1. The van der Waals surface area contributed by atoms with E-state index in [1.54, 1.807) is 0 Å². The molecule has 1 aliphatic carbocycles. The highest BCUT2D eigenvalue weighted by Gasteiger charge is 2.46. The van der Waals surface area contributed by atoms with Crippen molar-refractivity contribution in [1.29, 1.82) is 0 Å². The topological polar surface area (TPSA) is 12.0 Å². The molecule has 0 radical (unpaired) electrons. The highest BCUT2D eigenvalue weighted by molar-refractivity contribution is 7.26. The van der Waals surface area contributed by atoms with E-state index in [9.17, 15) is 0 Å². The van der Waals surface area contributed by atoms with Crippen molar-refractivity contribution in [2.75, 3.05) is 5.32 Å². The molecule has 1 heterocycles. The molecule has 7 aromatic carbocycles. The van der Waals surface area contributed by atoms with Crippen LogP contribution in [0, 0.1) is 0 Å². The molecule has 0 saturated heterocycles. The predicted molar refractivity (Wildman–Crippen MR) is 192 cm³/mol. The summed E-state index contributed by atoms with van der Waals surface area (Å²) in [5.74, 6) is 0. The summed E-state index contributed by atoms with van der Waals surface area (Å²) in [4.78, 5) is 0. The van der Waals surface area contributed by atoms with Gasteiger partial charge in [0.05, 0.1) is 5.41 Å². The Morgan fingerprint density at radius 3 is 1.82 bits per heavy atom. The van der Waals surface area contributed by atoms with Gasteiger partial charge in [-0.05, 0) is 63.2 Å². The molecule has 0 bridgehead atoms. The van der Waals surface area contributed by atoms with Crippen molar-refractivity contribution in [3.63, 3.8) is 0 Å². The highest BCUT2D eigenvalue weighted by Crippen LogP contribution is 2.58. The number of nitrogens with one attached hydrogen (secondary N) is 1. The first-order chi connectivity index (χ1) is 22.3. The van der Waals surface area contributed by atoms with Gasteiger partial charge >= 0.3 is 0 Å². The second-order valence-electron chi connectivity index (χ2n) is 11.7. The summed E-state index contributed by atoms with van der Waals surface area (Å²) in [6, 6.07) is 61.9.